The van der Waals surface area contributed by atoms with Crippen LogP contribution in [0.15, 0.2) is 36.7 Å². The second kappa shape index (κ2) is 7.18. The molecule has 0 aliphatic carbocycles. The Hall–Kier alpha value is -2.94. The summed E-state index contributed by atoms with van der Waals surface area (Å²) < 4.78 is 1.90. The van der Waals surface area contributed by atoms with Gasteiger partial charge in [0.05, 0.1) is 18.2 Å². The first-order valence-corrected chi connectivity index (χ1v) is 6.94. The summed E-state index contributed by atoms with van der Waals surface area (Å²) in [5.41, 5.74) is 1.37. The predicted octanol–water partition coefficient (Wildman–Crippen LogP) is 2.06. The van der Waals surface area contributed by atoms with E-state index in [2.05, 4.69) is 21.6 Å². The van der Waals surface area contributed by atoms with E-state index in [1.165, 1.54) is 6.08 Å². The molecule has 1 aromatic heterocycles. The van der Waals surface area contributed by atoms with Crippen molar-refractivity contribution in [3.05, 3.63) is 53.6 Å². The smallest absolute Gasteiger partial charge is 0.244 e. The lowest BCUT2D eigenvalue weighted by atomic mass is 10.1. The van der Waals surface area contributed by atoms with E-state index in [1.807, 2.05) is 24.5 Å². The Balaban J connectivity index is 1.94. The monoisotopic (exact) mass is 295 g/mol. The van der Waals surface area contributed by atoms with Crippen LogP contribution in [0.3, 0.4) is 0 Å². The number of carbonyl (C=O) groups is 1. The fourth-order valence-electron chi connectivity index (χ4n) is 1.93. The van der Waals surface area contributed by atoms with Crippen molar-refractivity contribution in [2.75, 3.05) is 0 Å². The lowest BCUT2D eigenvalue weighted by molar-refractivity contribution is -0.116. The number of aromatic nitrogens is 3. The van der Waals surface area contributed by atoms with E-state index in [0.717, 1.165) is 5.56 Å². The fourth-order valence-corrected chi connectivity index (χ4v) is 1.93. The second-order valence-electron chi connectivity index (χ2n) is 5.04. The van der Waals surface area contributed by atoms with E-state index in [0.29, 0.717) is 17.9 Å². The quantitative estimate of drug-likeness (QED) is 0.856. The number of benzene rings is 1. The highest BCUT2D eigenvalue weighted by molar-refractivity contribution is 5.91. The zero-order valence-corrected chi connectivity index (χ0v) is 12.5. The van der Waals surface area contributed by atoms with Crippen LogP contribution in [-0.4, -0.2) is 20.7 Å². The van der Waals surface area contributed by atoms with Gasteiger partial charge in [-0.2, -0.15) is 5.26 Å². The molecule has 0 spiro atoms. The van der Waals surface area contributed by atoms with Gasteiger partial charge >= 0.3 is 0 Å². The van der Waals surface area contributed by atoms with E-state index in [4.69, 9.17) is 5.26 Å². The predicted molar refractivity (Wildman–Crippen MR) is 82.4 cm³/mol. The number of nitriles is 1. The molecule has 112 valence electrons. The van der Waals surface area contributed by atoms with Crippen LogP contribution in [0.2, 0.25) is 0 Å². The zero-order chi connectivity index (χ0) is 15.9. The summed E-state index contributed by atoms with van der Waals surface area (Å²) in [6.07, 6.45) is 4.76. The molecular formula is C16H17N5O. The van der Waals surface area contributed by atoms with Gasteiger partial charge in [0.25, 0.3) is 0 Å². The summed E-state index contributed by atoms with van der Waals surface area (Å²) in [7, 11) is 0. The van der Waals surface area contributed by atoms with Crippen molar-refractivity contribution in [3.8, 4) is 6.07 Å². The third-order valence-corrected chi connectivity index (χ3v) is 3.07. The van der Waals surface area contributed by atoms with Crippen molar-refractivity contribution in [2.45, 2.75) is 26.4 Å². The maximum atomic E-state index is 11.8. The van der Waals surface area contributed by atoms with Gasteiger partial charge < -0.3 is 9.88 Å². The molecule has 6 nitrogen and oxygen atoms in total. The van der Waals surface area contributed by atoms with Crippen LogP contribution in [0.4, 0.5) is 0 Å². The lowest BCUT2D eigenvalue weighted by Gasteiger charge is -2.09. The molecular weight excluding hydrogens is 278 g/mol. The number of nitrogens with one attached hydrogen (secondary N) is 1. The minimum atomic E-state index is -0.222. The van der Waals surface area contributed by atoms with Gasteiger partial charge in [-0.15, -0.1) is 10.2 Å². The van der Waals surface area contributed by atoms with E-state index < -0.39 is 0 Å². The number of rotatable bonds is 5. The van der Waals surface area contributed by atoms with Gasteiger partial charge in [-0.05, 0) is 37.6 Å². The molecule has 0 saturated heterocycles. The summed E-state index contributed by atoms with van der Waals surface area (Å²) in [5.74, 6) is 0.490. The van der Waals surface area contributed by atoms with Gasteiger partial charge in [-0.3, -0.25) is 4.79 Å². The number of hydrogen-bond donors (Lipinski definition) is 1. The van der Waals surface area contributed by atoms with Crippen LogP contribution in [0.5, 0.6) is 0 Å². The highest BCUT2D eigenvalue weighted by Gasteiger charge is 2.07. The number of carbonyl (C=O) groups excluding carboxylic acids is 1. The third-order valence-electron chi connectivity index (χ3n) is 3.07. The molecule has 1 heterocycles. The number of nitrogens with zero attached hydrogens (tertiary/aromatic N) is 4. The van der Waals surface area contributed by atoms with Crippen molar-refractivity contribution in [1.82, 2.24) is 20.1 Å². The number of amides is 1. The molecule has 1 amide bonds. The van der Waals surface area contributed by atoms with Crippen LogP contribution in [0.1, 0.15) is 36.8 Å². The molecule has 0 saturated carbocycles. The first kappa shape index (κ1) is 15.4. The van der Waals surface area contributed by atoms with Crippen molar-refractivity contribution in [3.63, 3.8) is 0 Å². The molecule has 0 fully saturated rings. The number of hydrogen-bond acceptors (Lipinski definition) is 4. The molecule has 0 radical (unpaired) electrons. The Kier molecular flexibility index (Phi) is 5.04. The molecule has 1 N–H and O–H groups in total. The Morgan fingerprint density at radius 2 is 2.32 bits per heavy atom. The van der Waals surface area contributed by atoms with Crippen molar-refractivity contribution in [1.29, 1.82) is 5.26 Å². The average molecular weight is 295 g/mol. The van der Waals surface area contributed by atoms with E-state index in [-0.39, 0.29) is 11.9 Å². The van der Waals surface area contributed by atoms with Crippen LogP contribution in [-0.2, 0) is 11.3 Å². The third kappa shape index (κ3) is 4.03. The van der Waals surface area contributed by atoms with Gasteiger partial charge in [0.15, 0.2) is 5.82 Å². The van der Waals surface area contributed by atoms with Crippen LogP contribution < -0.4 is 5.32 Å². The maximum Gasteiger partial charge on any atom is 0.244 e. The topological polar surface area (TPSA) is 83.6 Å². The normalized spacial score (nSPS) is 10.8. The van der Waals surface area contributed by atoms with Gasteiger partial charge in [-0.1, -0.05) is 12.1 Å². The van der Waals surface area contributed by atoms with Crippen molar-refractivity contribution >= 4 is 12.0 Å². The summed E-state index contributed by atoms with van der Waals surface area (Å²) in [4.78, 5) is 11.8. The molecule has 0 unspecified atom stereocenters. The lowest BCUT2D eigenvalue weighted by Crippen LogP contribution is -2.23. The molecule has 2 aromatic rings. The SMILES string of the molecule is CC(C)n1cnnc1CNC(=O)/C=C/c1cccc(C#N)c1. The highest BCUT2D eigenvalue weighted by Crippen LogP contribution is 2.07. The standard InChI is InChI=1S/C16H17N5O/c1-12(2)21-11-19-20-15(21)10-18-16(22)7-6-13-4-3-5-14(8-13)9-17/h3-8,11-12H,10H2,1-2H3,(H,18,22)/b7-6+. The van der Waals surface area contributed by atoms with Gasteiger partial charge in [-0.25, -0.2) is 0 Å². The minimum absolute atomic E-state index is 0.222. The molecule has 1 aromatic carbocycles. The summed E-state index contributed by atoms with van der Waals surface area (Å²) in [5, 5.41) is 19.4. The van der Waals surface area contributed by atoms with Crippen LogP contribution in [0.25, 0.3) is 6.08 Å². The van der Waals surface area contributed by atoms with E-state index in [1.54, 1.807) is 30.6 Å². The highest BCUT2D eigenvalue weighted by atomic mass is 16.1. The Morgan fingerprint density at radius 1 is 1.50 bits per heavy atom. The largest absolute Gasteiger partial charge is 0.345 e. The van der Waals surface area contributed by atoms with Gasteiger partial charge in [0.1, 0.15) is 6.33 Å². The molecule has 22 heavy (non-hydrogen) atoms. The molecule has 2 rings (SSSR count). The van der Waals surface area contributed by atoms with Crippen LogP contribution in [0, 0.1) is 11.3 Å². The summed E-state index contributed by atoms with van der Waals surface area (Å²) in [6.45, 7) is 4.37. The van der Waals surface area contributed by atoms with E-state index in [9.17, 15) is 4.79 Å². The Morgan fingerprint density at radius 3 is 3.05 bits per heavy atom. The molecule has 0 bridgehead atoms. The van der Waals surface area contributed by atoms with E-state index >= 15 is 0 Å². The molecule has 6 heteroatoms. The summed E-state index contributed by atoms with van der Waals surface area (Å²) in [6, 6.07) is 9.36. The zero-order valence-electron chi connectivity index (χ0n) is 12.5. The van der Waals surface area contributed by atoms with Gasteiger partial charge in [0.2, 0.25) is 5.91 Å². The summed E-state index contributed by atoms with van der Waals surface area (Å²) >= 11 is 0. The first-order chi connectivity index (χ1) is 10.6. The molecule has 0 aliphatic heterocycles. The minimum Gasteiger partial charge on any atom is -0.345 e. The average Bonchev–Trinajstić information content (AvgIpc) is 3.00. The van der Waals surface area contributed by atoms with Crippen molar-refractivity contribution < 1.29 is 4.79 Å². The Bertz CT molecular complexity index is 724. The first-order valence-electron chi connectivity index (χ1n) is 6.94. The molecule has 0 aliphatic rings. The maximum absolute atomic E-state index is 11.8. The molecule has 0 atom stereocenters. The van der Waals surface area contributed by atoms with Crippen LogP contribution >= 0.6 is 0 Å². The second-order valence-corrected chi connectivity index (χ2v) is 5.04. The van der Waals surface area contributed by atoms with Gasteiger partial charge in [0, 0.05) is 12.1 Å². The Labute approximate surface area is 129 Å². The fraction of sp³-hybridized carbons (Fsp3) is 0.250. The van der Waals surface area contributed by atoms with Crippen molar-refractivity contribution in [2.24, 2.45) is 0 Å².